The molecular formula is C7H17ClN2. The Bertz CT molecular complexity index is 69.3. The molecule has 0 aromatic carbocycles. The Kier molecular flexibility index (Phi) is 6.08. The number of nitrogens with two attached hydrogens (primary N) is 1. The predicted octanol–water partition coefficient (Wildman–Crippen LogP) is 0.899. The first-order valence-corrected chi connectivity index (χ1v) is 3.87. The van der Waals surface area contributed by atoms with Gasteiger partial charge < -0.3 is 11.1 Å². The van der Waals surface area contributed by atoms with Gasteiger partial charge >= 0.3 is 0 Å². The second-order valence-corrected chi connectivity index (χ2v) is 2.72. The molecule has 1 saturated heterocycles. The van der Waals surface area contributed by atoms with E-state index in [4.69, 9.17) is 5.73 Å². The van der Waals surface area contributed by atoms with Crippen LogP contribution in [0.5, 0.6) is 0 Å². The van der Waals surface area contributed by atoms with Crippen molar-refractivity contribution in [2.75, 3.05) is 13.1 Å². The van der Waals surface area contributed by atoms with Crippen LogP contribution in [-0.4, -0.2) is 19.1 Å². The van der Waals surface area contributed by atoms with Crippen molar-refractivity contribution in [1.82, 2.24) is 5.32 Å². The Morgan fingerprint density at radius 3 is 2.70 bits per heavy atom. The third-order valence-electron chi connectivity index (χ3n) is 1.93. The molecule has 1 aliphatic rings. The number of piperidine rings is 1. The molecule has 10 heavy (non-hydrogen) atoms. The molecule has 3 heteroatoms. The van der Waals surface area contributed by atoms with Crippen molar-refractivity contribution in [3.63, 3.8) is 0 Å². The predicted molar refractivity (Wildman–Crippen MR) is 46.6 cm³/mol. The second-order valence-electron chi connectivity index (χ2n) is 2.72. The Balaban J connectivity index is 0.000000810. The average molecular weight is 165 g/mol. The van der Waals surface area contributed by atoms with Gasteiger partial charge in [-0.3, -0.25) is 0 Å². The van der Waals surface area contributed by atoms with E-state index in [1.807, 2.05) is 0 Å². The first-order chi connectivity index (χ1) is 4.43. The summed E-state index contributed by atoms with van der Waals surface area (Å²) in [5.41, 5.74) is 5.42. The van der Waals surface area contributed by atoms with Crippen molar-refractivity contribution in [2.24, 2.45) is 5.73 Å². The molecule has 62 valence electrons. The third-order valence-corrected chi connectivity index (χ3v) is 1.93. The van der Waals surface area contributed by atoms with E-state index in [9.17, 15) is 0 Å². The molecular weight excluding hydrogens is 148 g/mol. The van der Waals surface area contributed by atoms with E-state index in [1.165, 1.54) is 25.8 Å². The summed E-state index contributed by atoms with van der Waals surface area (Å²) in [5, 5.41) is 3.44. The maximum absolute atomic E-state index is 5.42. The molecule has 0 radical (unpaired) electrons. The van der Waals surface area contributed by atoms with E-state index in [-0.39, 0.29) is 12.4 Å². The van der Waals surface area contributed by atoms with Crippen molar-refractivity contribution in [3.05, 3.63) is 0 Å². The topological polar surface area (TPSA) is 38.0 Å². The minimum atomic E-state index is 0. The number of nitrogens with one attached hydrogen (secondary N) is 1. The van der Waals surface area contributed by atoms with Crippen LogP contribution < -0.4 is 11.1 Å². The fraction of sp³-hybridized carbons (Fsp3) is 1.00. The van der Waals surface area contributed by atoms with Crippen LogP contribution in [0.25, 0.3) is 0 Å². The maximum Gasteiger partial charge on any atom is 0.00790 e. The summed E-state index contributed by atoms with van der Waals surface area (Å²) in [4.78, 5) is 0. The molecule has 1 unspecified atom stereocenters. The molecule has 0 saturated carbocycles. The average Bonchev–Trinajstić information content (AvgIpc) is 1.91. The van der Waals surface area contributed by atoms with Crippen LogP contribution in [0, 0.1) is 0 Å². The van der Waals surface area contributed by atoms with Crippen molar-refractivity contribution >= 4 is 12.4 Å². The van der Waals surface area contributed by atoms with Gasteiger partial charge in [-0.15, -0.1) is 12.4 Å². The number of hydrogen-bond acceptors (Lipinski definition) is 2. The monoisotopic (exact) mass is 164 g/mol. The third kappa shape index (κ3) is 3.40. The highest BCUT2D eigenvalue weighted by Gasteiger charge is 2.09. The summed E-state index contributed by atoms with van der Waals surface area (Å²) in [6, 6.07) is 0.726. The Hall–Kier alpha value is 0.210. The Morgan fingerprint density at radius 2 is 2.20 bits per heavy atom. The van der Waals surface area contributed by atoms with Crippen LogP contribution >= 0.6 is 12.4 Å². The van der Waals surface area contributed by atoms with Crippen molar-refractivity contribution < 1.29 is 0 Å². The number of halogens is 1. The first-order valence-electron chi connectivity index (χ1n) is 3.87. The summed E-state index contributed by atoms with van der Waals surface area (Å²) in [7, 11) is 0. The van der Waals surface area contributed by atoms with E-state index in [1.54, 1.807) is 0 Å². The Morgan fingerprint density at radius 1 is 1.40 bits per heavy atom. The van der Waals surface area contributed by atoms with Gasteiger partial charge in [-0.25, -0.2) is 0 Å². The number of rotatable bonds is 2. The SMILES string of the molecule is Cl.NCCC1CCCCN1. The zero-order valence-corrected chi connectivity index (χ0v) is 7.12. The highest BCUT2D eigenvalue weighted by Crippen LogP contribution is 2.08. The fourth-order valence-corrected chi connectivity index (χ4v) is 1.37. The van der Waals surface area contributed by atoms with Crippen molar-refractivity contribution in [3.8, 4) is 0 Å². The quantitative estimate of drug-likeness (QED) is 0.637. The van der Waals surface area contributed by atoms with Crippen LogP contribution in [-0.2, 0) is 0 Å². The van der Waals surface area contributed by atoms with Crippen molar-refractivity contribution in [1.29, 1.82) is 0 Å². The van der Waals surface area contributed by atoms with Gasteiger partial charge in [0.05, 0.1) is 0 Å². The van der Waals surface area contributed by atoms with Crippen LogP contribution in [0.1, 0.15) is 25.7 Å². The second kappa shape index (κ2) is 5.96. The van der Waals surface area contributed by atoms with E-state index >= 15 is 0 Å². The maximum atomic E-state index is 5.42. The summed E-state index contributed by atoms with van der Waals surface area (Å²) in [5.74, 6) is 0. The van der Waals surface area contributed by atoms with Gasteiger partial charge in [-0.05, 0) is 32.4 Å². The smallest absolute Gasteiger partial charge is 0.00790 e. The Labute approximate surface area is 69.0 Å². The lowest BCUT2D eigenvalue weighted by Crippen LogP contribution is -2.35. The molecule has 1 rings (SSSR count). The minimum absolute atomic E-state index is 0. The van der Waals surface area contributed by atoms with Gasteiger partial charge in [-0.2, -0.15) is 0 Å². The molecule has 3 N–H and O–H groups in total. The van der Waals surface area contributed by atoms with E-state index in [2.05, 4.69) is 5.32 Å². The van der Waals surface area contributed by atoms with E-state index in [0.29, 0.717) is 0 Å². The largest absolute Gasteiger partial charge is 0.330 e. The summed E-state index contributed by atoms with van der Waals surface area (Å²) in [6.07, 6.45) is 5.22. The molecule has 1 atom stereocenters. The molecule has 0 aliphatic carbocycles. The highest BCUT2D eigenvalue weighted by atomic mass is 35.5. The van der Waals surface area contributed by atoms with Gasteiger partial charge in [-0.1, -0.05) is 6.42 Å². The van der Waals surface area contributed by atoms with Gasteiger partial charge in [0.1, 0.15) is 0 Å². The first kappa shape index (κ1) is 10.2. The minimum Gasteiger partial charge on any atom is -0.330 e. The summed E-state index contributed by atoms with van der Waals surface area (Å²) in [6.45, 7) is 2.03. The molecule has 0 spiro atoms. The van der Waals surface area contributed by atoms with Gasteiger partial charge in [0.2, 0.25) is 0 Å². The van der Waals surface area contributed by atoms with Gasteiger partial charge in [0.15, 0.2) is 0 Å². The normalized spacial score (nSPS) is 25.5. The molecule has 1 fully saturated rings. The lowest BCUT2D eigenvalue weighted by Gasteiger charge is -2.22. The molecule has 0 aromatic heterocycles. The molecule has 0 amide bonds. The molecule has 0 bridgehead atoms. The van der Waals surface area contributed by atoms with E-state index in [0.717, 1.165) is 19.0 Å². The fourth-order valence-electron chi connectivity index (χ4n) is 1.37. The summed E-state index contributed by atoms with van der Waals surface area (Å²) < 4.78 is 0. The standard InChI is InChI=1S/C7H16N2.ClH/c8-5-4-7-3-1-2-6-9-7;/h7,9H,1-6,8H2;1H. The van der Waals surface area contributed by atoms with Crippen LogP contribution in [0.4, 0.5) is 0 Å². The zero-order valence-electron chi connectivity index (χ0n) is 6.31. The van der Waals surface area contributed by atoms with Crippen LogP contribution in [0.2, 0.25) is 0 Å². The lowest BCUT2D eigenvalue weighted by molar-refractivity contribution is 0.386. The molecule has 0 aromatic rings. The molecule has 1 aliphatic heterocycles. The zero-order chi connectivity index (χ0) is 6.53. The summed E-state index contributed by atoms with van der Waals surface area (Å²) >= 11 is 0. The van der Waals surface area contributed by atoms with Crippen LogP contribution in [0.15, 0.2) is 0 Å². The van der Waals surface area contributed by atoms with E-state index < -0.39 is 0 Å². The molecule has 2 nitrogen and oxygen atoms in total. The van der Waals surface area contributed by atoms with Gasteiger partial charge in [0.25, 0.3) is 0 Å². The van der Waals surface area contributed by atoms with Gasteiger partial charge in [0, 0.05) is 6.04 Å². The lowest BCUT2D eigenvalue weighted by atomic mass is 10.0. The number of hydrogen-bond donors (Lipinski definition) is 2. The van der Waals surface area contributed by atoms with Crippen molar-refractivity contribution in [2.45, 2.75) is 31.7 Å². The molecule has 1 heterocycles. The van der Waals surface area contributed by atoms with Crippen LogP contribution in [0.3, 0.4) is 0 Å². The highest BCUT2D eigenvalue weighted by molar-refractivity contribution is 5.85.